The summed E-state index contributed by atoms with van der Waals surface area (Å²) in [5.41, 5.74) is 0. The number of aliphatic hydroxyl groups is 1. The lowest BCUT2D eigenvalue weighted by atomic mass is 10.4. The van der Waals surface area contributed by atoms with Crippen molar-refractivity contribution in [1.29, 1.82) is 0 Å². The number of carbonyl (C=O) groups excluding carboxylic acids is 1. The van der Waals surface area contributed by atoms with E-state index in [0.717, 1.165) is 0 Å². The molecule has 1 atom stereocenters. The van der Waals surface area contributed by atoms with E-state index in [1.54, 1.807) is 11.6 Å². The minimum atomic E-state index is -3.93. The summed E-state index contributed by atoms with van der Waals surface area (Å²) in [5, 5.41) is 8.78. The predicted octanol–water partition coefficient (Wildman–Crippen LogP) is -1.05. The molecule has 0 aliphatic carbocycles. The van der Waals surface area contributed by atoms with Gasteiger partial charge in [-0.05, 0) is 13.8 Å². The van der Waals surface area contributed by atoms with Crippen LogP contribution in [0.3, 0.4) is 0 Å². The third-order valence-corrected chi connectivity index (χ3v) is 2.04. The van der Waals surface area contributed by atoms with E-state index in [2.05, 4.69) is 4.74 Å². The summed E-state index contributed by atoms with van der Waals surface area (Å²) >= 11 is 0. The molecule has 0 heterocycles. The van der Waals surface area contributed by atoms with Gasteiger partial charge in [-0.15, -0.1) is 0 Å². The van der Waals surface area contributed by atoms with Crippen molar-refractivity contribution in [1.82, 2.24) is 9.44 Å². The van der Waals surface area contributed by atoms with Gasteiger partial charge < -0.3 is 9.84 Å². The summed E-state index contributed by atoms with van der Waals surface area (Å²) in [6.07, 6.45) is -1.88. The van der Waals surface area contributed by atoms with E-state index in [1.807, 2.05) is 4.72 Å². The molecule has 7 nitrogen and oxygen atoms in total. The first kappa shape index (κ1) is 13.1. The molecule has 0 rings (SSSR count). The number of rotatable bonds is 5. The lowest BCUT2D eigenvalue weighted by Crippen LogP contribution is -2.42. The van der Waals surface area contributed by atoms with Crippen LogP contribution in [0.4, 0.5) is 4.79 Å². The fourth-order valence-corrected chi connectivity index (χ4v) is 1.35. The van der Waals surface area contributed by atoms with Crippen molar-refractivity contribution in [3.05, 3.63) is 0 Å². The Labute approximate surface area is 82.6 Å². The number of hydrogen-bond donors (Lipinski definition) is 3. The van der Waals surface area contributed by atoms with Gasteiger partial charge in [-0.25, -0.2) is 9.52 Å². The smallest absolute Gasteiger partial charge is 0.421 e. The van der Waals surface area contributed by atoms with E-state index >= 15 is 0 Å². The minimum Gasteiger partial charge on any atom is -0.449 e. The molecule has 8 heteroatoms. The Balaban J connectivity index is 4.01. The summed E-state index contributed by atoms with van der Waals surface area (Å²) in [6.45, 7) is 2.87. The van der Waals surface area contributed by atoms with Crippen molar-refractivity contribution in [2.24, 2.45) is 0 Å². The standard InChI is InChI=1S/C6H14N2O5S/c1-3-13-6(10)8-14(11,12)7-4-5(2)9/h5,7,9H,3-4H2,1-2H3,(H,8,10)/t5-/m0/s1. The fraction of sp³-hybridized carbons (Fsp3) is 0.833. The molecule has 0 unspecified atom stereocenters. The van der Waals surface area contributed by atoms with Crippen LogP contribution in [-0.2, 0) is 14.9 Å². The molecule has 1 amide bonds. The van der Waals surface area contributed by atoms with Crippen LogP contribution >= 0.6 is 0 Å². The average Bonchev–Trinajstić information content (AvgIpc) is 2.00. The first-order chi connectivity index (χ1) is 6.37. The van der Waals surface area contributed by atoms with Gasteiger partial charge >= 0.3 is 16.3 Å². The summed E-state index contributed by atoms with van der Waals surface area (Å²) in [5.74, 6) is 0. The maximum absolute atomic E-state index is 11.0. The molecular formula is C6H14N2O5S. The van der Waals surface area contributed by atoms with Crippen LogP contribution in [0.25, 0.3) is 0 Å². The fourth-order valence-electron chi connectivity index (χ4n) is 0.537. The molecule has 0 aliphatic heterocycles. The summed E-state index contributed by atoms with van der Waals surface area (Å²) in [6, 6.07) is 0. The van der Waals surface area contributed by atoms with Crippen LogP contribution < -0.4 is 9.44 Å². The van der Waals surface area contributed by atoms with Crippen LogP contribution in [0.2, 0.25) is 0 Å². The number of aliphatic hydroxyl groups excluding tert-OH is 1. The zero-order valence-electron chi connectivity index (χ0n) is 7.98. The molecule has 14 heavy (non-hydrogen) atoms. The zero-order valence-corrected chi connectivity index (χ0v) is 8.80. The van der Waals surface area contributed by atoms with Crippen LogP contribution in [0.5, 0.6) is 0 Å². The molecule has 0 spiro atoms. The van der Waals surface area contributed by atoms with Gasteiger partial charge in [0.25, 0.3) is 0 Å². The SMILES string of the molecule is CCOC(=O)NS(=O)(=O)NC[C@H](C)O. The molecule has 0 aliphatic rings. The maximum Gasteiger partial charge on any atom is 0.421 e. The molecule has 84 valence electrons. The number of carbonyl (C=O) groups is 1. The van der Waals surface area contributed by atoms with Crippen molar-refractivity contribution in [3.63, 3.8) is 0 Å². The molecule has 0 saturated heterocycles. The Bertz CT molecular complexity index is 274. The van der Waals surface area contributed by atoms with Crippen molar-refractivity contribution in [3.8, 4) is 0 Å². The Morgan fingerprint density at radius 3 is 2.57 bits per heavy atom. The van der Waals surface area contributed by atoms with Gasteiger partial charge in [0.15, 0.2) is 0 Å². The van der Waals surface area contributed by atoms with E-state index < -0.39 is 22.4 Å². The van der Waals surface area contributed by atoms with E-state index in [1.165, 1.54) is 6.92 Å². The lowest BCUT2D eigenvalue weighted by molar-refractivity contribution is 0.158. The number of ether oxygens (including phenoxy) is 1. The molecule has 0 radical (unpaired) electrons. The van der Waals surface area contributed by atoms with Crippen molar-refractivity contribution in [2.75, 3.05) is 13.2 Å². The molecule has 0 saturated carbocycles. The van der Waals surface area contributed by atoms with Gasteiger partial charge in [-0.2, -0.15) is 13.1 Å². The van der Waals surface area contributed by atoms with Gasteiger partial charge in [0.2, 0.25) is 0 Å². The summed E-state index contributed by atoms with van der Waals surface area (Å²) < 4.78 is 29.9. The van der Waals surface area contributed by atoms with Gasteiger partial charge in [-0.3, -0.25) is 0 Å². The second-order valence-electron chi connectivity index (χ2n) is 2.52. The molecule has 3 N–H and O–H groups in total. The maximum atomic E-state index is 11.0. The number of amides is 1. The highest BCUT2D eigenvalue weighted by Crippen LogP contribution is 1.83. The summed E-state index contributed by atoms with van der Waals surface area (Å²) in [7, 11) is -3.93. The molecule has 0 bridgehead atoms. The third kappa shape index (κ3) is 6.63. The van der Waals surface area contributed by atoms with Gasteiger partial charge in [0, 0.05) is 6.54 Å². The van der Waals surface area contributed by atoms with Crippen LogP contribution in [0.15, 0.2) is 0 Å². The van der Waals surface area contributed by atoms with E-state index in [9.17, 15) is 13.2 Å². The monoisotopic (exact) mass is 226 g/mol. The van der Waals surface area contributed by atoms with Gasteiger partial charge in [0.1, 0.15) is 0 Å². The second kappa shape index (κ2) is 5.78. The lowest BCUT2D eigenvalue weighted by Gasteiger charge is -2.08. The second-order valence-corrected chi connectivity index (χ2v) is 4.02. The molecule has 0 fully saturated rings. The Morgan fingerprint density at radius 1 is 1.57 bits per heavy atom. The molecule has 0 aromatic carbocycles. The molecular weight excluding hydrogens is 212 g/mol. The first-order valence-electron chi connectivity index (χ1n) is 3.99. The van der Waals surface area contributed by atoms with Crippen LogP contribution in [-0.4, -0.2) is 38.9 Å². The quantitative estimate of drug-likeness (QED) is 0.554. The Morgan fingerprint density at radius 2 is 2.14 bits per heavy atom. The van der Waals surface area contributed by atoms with E-state index in [0.29, 0.717) is 0 Å². The summed E-state index contributed by atoms with van der Waals surface area (Å²) in [4.78, 5) is 10.7. The van der Waals surface area contributed by atoms with Crippen molar-refractivity contribution < 1.29 is 23.1 Å². The molecule has 0 aromatic heterocycles. The first-order valence-corrected chi connectivity index (χ1v) is 5.48. The molecule has 0 aromatic rings. The van der Waals surface area contributed by atoms with Crippen molar-refractivity contribution in [2.45, 2.75) is 20.0 Å². The van der Waals surface area contributed by atoms with Crippen molar-refractivity contribution >= 4 is 16.3 Å². The Hall–Kier alpha value is -0.860. The van der Waals surface area contributed by atoms with E-state index in [-0.39, 0.29) is 13.2 Å². The van der Waals surface area contributed by atoms with Crippen LogP contribution in [0, 0.1) is 0 Å². The van der Waals surface area contributed by atoms with E-state index in [4.69, 9.17) is 5.11 Å². The average molecular weight is 226 g/mol. The predicted molar refractivity (Wildman–Crippen MR) is 48.8 cm³/mol. The number of nitrogens with one attached hydrogen (secondary N) is 2. The van der Waals surface area contributed by atoms with Gasteiger partial charge in [-0.1, -0.05) is 0 Å². The Kier molecular flexibility index (Phi) is 5.43. The minimum absolute atomic E-state index is 0.0811. The highest BCUT2D eigenvalue weighted by molar-refractivity contribution is 7.88. The topological polar surface area (TPSA) is 105 Å². The largest absolute Gasteiger partial charge is 0.449 e. The highest BCUT2D eigenvalue weighted by atomic mass is 32.2. The normalized spacial score (nSPS) is 13.4. The zero-order chi connectivity index (χ0) is 11.2. The van der Waals surface area contributed by atoms with Gasteiger partial charge in [0.05, 0.1) is 12.7 Å². The highest BCUT2D eigenvalue weighted by Gasteiger charge is 2.14. The third-order valence-electron chi connectivity index (χ3n) is 1.06. The van der Waals surface area contributed by atoms with Crippen LogP contribution in [0.1, 0.15) is 13.8 Å². The number of hydrogen-bond acceptors (Lipinski definition) is 5.